The number of aromatic nitrogens is 3. The van der Waals surface area contributed by atoms with E-state index in [2.05, 4.69) is 15.5 Å². The predicted molar refractivity (Wildman–Crippen MR) is 89.8 cm³/mol. The van der Waals surface area contributed by atoms with Gasteiger partial charge < -0.3 is 14.2 Å². The molecule has 0 radical (unpaired) electrons. The number of aryl methyl sites for hydroxylation is 1. The molecule has 3 heterocycles. The monoisotopic (exact) mass is 318 g/mol. The van der Waals surface area contributed by atoms with Crippen LogP contribution in [0.3, 0.4) is 0 Å². The third-order valence-electron chi connectivity index (χ3n) is 3.76. The van der Waals surface area contributed by atoms with Crippen LogP contribution in [-0.2, 0) is 0 Å². The van der Waals surface area contributed by atoms with Crippen molar-refractivity contribution in [2.45, 2.75) is 6.92 Å². The maximum absolute atomic E-state index is 12.0. The third kappa shape index (κ3) is 2.54. The molecule has 0 aliphatic rings. The fraction of sp³-hybridized carbons (Fsp3) is 0.0556. The van der Waals surface area contributed by atoms with Gasteiger partial charge in [-0.2, -0.15) is 0 Å². The molecule has 0 fully saturated rings. The van der Waals surface area contributed by atoms with Crippen molar-refractivity contribution in [2.24, 2.45) is 0 Å². The molecule has 0 saturated carbocycles. The van der Waals surface area contributed by atoms with Crippen LogP contribution in [0.1, 0.15) is 16.1 Å². The van der Waals surface area contributed by atoms with Crippen LogP contribution in [0, 0.1) is 6.92 Å². The molecule has 1 N–H and O–H groups in total. The second-order valence-electron chi connectivity index (χ2n) is 5.46. The van der Waals surface area contributed by atoms with Crippen molar-refractivity contribution >= 4 is 17.2 Å². The molecule has 24 heavy (non-hydrogen) atoms. The number of anilines is 1. The standard InChI is InChI=1S/C18H14N4O2/c1-12-4-3-9-22-11-15(21-17(12)22)13-5-2-6-14(10-13)20-18(23)16-7-8-19-24-16/h2-11H,1H3,(H,20,23). The van der Waals surface area contributed by atoms with E-state index in [4.69, 9.17) is 4.52 Å². The number of amides is 1. The average Bonchev–Trinajstić information content (AvgIpc) is 3.25. The summed E-state index contributed by atoms with van der Waals surface area (Å²) in [5.74, 6) is -0.167. The van der Waals surface area contributed by atoms with Crippen molar-refractivity contribution in [3.63, 3.8) is 0 Å². The van der Waals surface area contributed by atoms with Crippen LogP contribution in [0.25, 0.3) is 16.9 Å². The number of carbonyl (C=O) groups excluding carboxylic acids is 1. The maximum atomic E-state index is 12.0. The predicted octanol–water partition coefficient (Wildman–Crippen LogP) is 3.55. The zero-order valence-corrected chi connectivity index (χ0v) is 12.9. The second kappa shape index (κ2) is 5.66. The Morgan fingerprint density at radius 1 is 1.21 bits per heavy atom. The molecular weight excluding hydrogens is 304 g/mol. The van der Waals surface area contributed by atoms with Crippen molar-refractivity contribution in [1.29, 1.82) is 0 Å². The fourth-order valence-corrected chi connectivity index (χ4v) is 2.57. The minimum atomic E-state index is -0.338. The molecule has 6 nitrogen and oxygen atoms in total. The molecule has 4 rings (SSSR count). The van der Waals surface area contributed by atoms with Gasteiger partial charge in [0.1, 0.15) is 5.65 Å². The molecule has 0 spiro atoms. The van der Waals surface area contributed by atoms with Crippen molar-refractivity contribution < 1.29 is 9.32 Å². The summed E-state index contributed by atoms with van der Waals surface area (Å²) in [6.07, 6.45) is 5.37. The number of rotatable bonds is 3. The number of nitrogens with one attached hydrogen (secondary N) is 1. The Bertz CT molecular complexity index is 1020. The molecule has 4 aromatic rings. The van der Waals surface area contributed by atoms with Gasteiger partial charge in [0, 0.05) is 29.7 Å². The van der Waals surface area contributed by atoms with Crippen LogP contribution in [0.5, 0.6) is 0 Å². The topological polar surface area (TPSA) is 72.4 Å². The molecule has 0 aliphatic heterocycles. The molecule has 118 valence electrons. The highest BCUT2D eigenvalue weighted by atomic mass is 16.5. The summed E-state index contributed by atoms with van der Waals surface area (Å²) >= 11 is 0. The highest BCUT2D eigenvalue weighted by Crippen LogP contribution is 2.23. The molecule has 6 heteroatoms. The van der Waals surface area contributed by atoms with Gasteiger partial charge in [0.2, 0.25) is 5.76 Å². The van der Waals surface area contributed by atoms with Gasteiger partial charge in [-0.15, -0.1) is 0 Å². The zero-order chi connectivity index (χ0) is 16.5. The van der Waals surface area contributed by atoms with Gasteiger partial charge in [-0.25, -0.2) is 4.98 Å². The first-order valence-corrected chi connectivity index (χ1v) is 7.47. The van der Waals surface area contributed by atoms with Crippen LogP contribution < -0.4 is 5.32 Å². The van der Waals surface area contributed by atoms with Gasteiger partial charge >= 0.3 is 0 Å². The Morgan fingerprint density at radius 2 is 2.12 bits per heavy atom. The van der Waals surface area contributed by atoms with E-state index in [1.807, 2.05) is 60.1 Å². The van der Waals surface area contributed by atoms with Gasteiger partial charge in [0.25, 0.3) is 5.91 Å². The van der Waals surface area contributed by atoms with E-state index in [9.17, 15) is 4.79 Å². The lowest BCUT2D eigenvalue weighted by Crippen LogP contribution is -2.10. The van der Waals surface area contributed by atoms with Crippen LogP contribution >= 0.6 is 0 Å². The minimum Gasteiger partial charge on any atom is -0.351 e. The van der Waals surface area contributed by atoms with Gasteiger partial charge in [-0.05, 0) is 30.7 Å². The second-order valence-corrected chi connectivity index (χ2v) is 5.46. The summed E-state index contributed by atoms with van der Waals surface area (Å²) in [4.78, 5) is 16.7. The first kappa shape index (κ1) is 14.2. The number of pyridine rings is 1. The Hall–Kier alpha value is -3.41. The SMILES string of the molecule is Cc1cccn2cc(-c3cccc(NC(=O)c4ccno4)c3)nc12. The number of carbonyl (C=O) groups is 1. The lowest BCUT2D eigenvalue weighted by molar-refractivity contribution is 0.0988. The number of hydrogen-bond acceptors (Lipinski definition) is 4. The van der Waals surface area contributed by atoms with Crippen LogP contribution in [0.15, 0.2) is 65.6 Å². The summed E-state index contributed by atoms with van der Waals surface area (Å²) in [5.41, 5.74) is 4.47. The molecule has 0 saturated heterocycles. The van der Waals surface area contributed by atoms with E-state index < -0.39 is 0 Å². The van der Waals surface area contributed by atoms with Gasteiger partial charge in [-0.1, -0.05) is 23.4 Å². The average molecular weight is 318 g/mol. The molecule has 0 atom stereocenters. The fourth-order valence-electron chi connectivity index (χ4n) is 2.57. The Labute approximate surface area is 137 Å². The Kier molecular flexibility index (Phi) is 3.35. The zero-order valence-electron chi connectivity index (χ0n) is 12.9. The Balaban J connectivity index is 1.66. The normalized spacial score (nSPS) is 10.9. The summed E-state index contributed by atoms with van der Waals surface area (Å²) < 4.78 is 6.85. The first-order chi connectivity index (χ1) is 11.7. The highest BCUT2D eigenvalue weighted by molar-refractivity contribution is 6.02. The molecule has 0 bridgehead atoms. The van der Waals surface area contributed by atoms with Gasteiger partial charge in [-0.3, -0.25) is 4.79 Å². The maximum Gasteiger partial charge on any atom is 0.294 e. The molecule has 1 amide bonds. The van der Waals surface area contributed by atoms with Crippen LogP contribution in [-0.4, -0.2) is 20.4 Å². The van der Waals surface area contributed by atoms with E-state index in [-0.39, 0.29) is 11.7 Å². The summed E-state index contributed by atoms with van der Waals surface area (Å²) in [6.45, 7) is 2.03. The summed E-state index contributed by atoms with van der Waals surface area (Å²) in [7, 11) is 0. The quantitative estimate of drug-likeness (QED) is 0.627. The van der Waals surface area contributed by atoms with Crippen molar-refractivity contribution in [3.8, 4) is 11.3 Å². The van der Waals surface area contributed by atoms with Crippen molar-refractivity contribution in [2.75, 3.05) is 5.32 Å². The first-order valence-electron chi connectivity index (χ1n) is 7.47. The molecule has 1 aromatic carbocycles. The molecular formula is C18H14N4O2. The third-order valence-corrected chi connectivity index (χ3v) is 3.76. The molecule has 3 aromatic heterocycles. The Morgan fingerprint density at radius 3 is 2.92 bits per heavy atom. The lowest BCUT2D eigenvalue weighted by Gasteiger charge is -2.04. The van der Waals surface area contributed by atoms with Crippen molar-refractivity contribution in [1.82, 2.24) is 14.5 Å². The summed E-state index contributed by atoms with van der Waals surface area (Å²) in [6, 6.07) is 13.1. The van der Waals surface area contributed by atoms with E-state index in [1.54, 1.807) is 0 Å². The van der Waals surface area contributed by atoms with Gasteiger partial charge in [0.15, 0.2) is 0 Å². The minimum absolute atomic E-state index is 0.170. The van der Waals surface area contributed by atoms with Crippen LogP contribution in [0.4, 0.5) is 5.69 Å². The molecule has 0 unspecified atom stereocenters. The summed E-state index contributed by atoms with van der Waals surface area (Å²) in [5, 5.41) is 6.33. The smallest absolute Gasteiger partial charge is 0.294 e. The number of benzene rings is 1. The van der Waals surface area contributed by atoms with Gasteiger partial charge in [0.05, 0.1) is 11.9 Å². The largest absolute Gasteiger partial charge is 0.351 e. The number of hydrogen-bond donors (Lipinski definition) is 1. The van der Waals surface area contributed by atoms with E-state index >= 15 is 0 Å². The lowest BCUT2D eigenvalue weighted by atomic mass is 10.1. The van der Waals surface area contributed by atoms with Crippen LogP contribution in [0.2, 0.25) is 0 Å². The number of fused-ring (bicyclic) bond motifs is 1. The number of nitrogens with zero attached hydrogens (tertiary/aromatic N) is 3. The highest BCUT2D eigenvalue weighted by Gasteiger charge is 2.11. The van der Waals surface area contributed by atoms with E-state index in [0.29, 0.717) is 5.69 Å². The number of imidazole rings is 1. The van der Waals surface area contributed by atoms with E-state index in [1.165, 1.54) is 12.3 Å². The molecule has 0 aliphatic carbocycles. The van der Waals surface area contributed by atoms with E-state index in [0.717, 1.165) is 22.5 Å². The van der Waals surface area contributed by atoms with Crippen molar-refractivity contribution in [3.05, 3.63) is 72.4 Å².